The average Bonchev–Trinajstić information content (AvgIpc) is 1.85. The molecule has 1 heterocycles. The zero-order valence-corrected chi connectivity index (χ0v) is 6.19. The van der Waals surface area contributed by atoms with E-state index in [1.807, 2.05) is 0 Å². The predicted molar refractivity (Wildman–Crippen MR) is 35.8 cm³/mol. The van der Waals surface area contributed by atoms with Crippen molar-refractivity contribution >= 4 is 0 Å². The largest absolute Gasteiger partial charge is 0.405 e. The molecule has 0 spiro atoms. The van der Waals surface area contributed by atoms with Crippen LogP contribution in [-0.2, 0) is 0 Å². The molecule has 0 aromatic rings. The monoisotopic (exact) mass is 166 g/mol. The van der Waals surface area contributed by atoms with Crippen molar-refractivity contribution in [2.24, 2.45) is 0 Å². The van der Waals surface area contributed by atoms with Gasteiger partial charge in [0.05, 0.1) is 0 Å². The third kappa shape index (κ3) is 3.60. The van der Waals surface area contributed by atoms with Crippen molar-refractivity contribution in [3.05, 3.63) is 6.54 Å². The fourth-order valence-electron chi connectivity index (χ4n) is 1.25. The summed E-state index contributed by atoms with van der Waals surface area (Å²) >= 11 is 0. The first kappa shape index (κ1) is 8.84. The number of halogens is 3. The standard InChI is InChI=1S/C7H11F3N/c8-7(9,10)6-11-4-2-1-3-5-11/h6H,1-5H2. The lowest BCUT2D eigenvalue weighted by atomic mass is 10.1. The van der Waals surface area contributed by atoms with Crippen LogP contribution in [0.1, 0.15) is 19.3 Å². The average molecular weight is 166 g/mol. The van der Waals surface area contributed by atoms with Gasteiger partial charge >= 0.3 is 6.18 Å². The Hall–Kier alpha value is -0.250. The van der Waals surface area contributed by atoms with Crippen LogP contribution in [0.3, 0.4) is 0 Å². The first-order valence-corrected chi connectivity index (χ1v) is 3.75. The maximum atomic E-state index is 11.7. The molecule has 0 aromatic carbocycles. The maximum Gasteiger partial charge on any atom is 0.405 e. The molecule has 0 N–H and O–H groups in total. The van der Waals surface area contributed by atoms with Crippen LogP contribution in [0.25, 0.3) is 0 Å². The summed E-state index contributed by atoms with van der Waals surface area (Å²) in [6, 6.07) is 0. The van der Waals surface area contributed by atoms with Crippen molar-refractivity contribution in [1.82, 2.24) is 4.90 Å². The van der Waals surface area contributed by atoms with Gasteiger partial charge in [-0.05, 0) is 25.9 Å². The quantitative estimate of drug-likeness (QED) is 0.577. The molecule has 0 aromatic heterocycles. The van der Waals surface area contributed by atoms with Crippen molar-refractivity contribution in [1.29, 1.82) is 0 Å². The Labute approximate surface area is 64.2 Å². The van der Waals surface area contributed by atoms with Gasteiger partial charge in [-0.1, -0.05) is 6.42 Å². The molecule has 1 radical (unpaired) electrons. The Kier molecular flexibility index (Phi) is 2.76. The molecule has 1 aliphatic rings. The van der Waals surface area contributed by atoms with Gasteiger partial charge in [0.2, 0.25) is 0 Å². The van der Waals surface area contributed by atoms with Crippen LogP contribution in [0, 0.1) is 6.54 Å². The maximum absolute atomic E-state index is 11.7. The first-order valence-electron chi connectivity index (χ1n) is 3.75. The van der Waals surface area contributed by atoms with E-state index in [2.05, 4.69) is 0 Å². The fraction of sp³-hybridized carbons (Fsp3) is 0.857. The van der Waals surface area contributed by atoms with E-state index in [1.165, 1.54) is 4.90 Å². The third-order valence-corrected chi connectivity index (χ3v) is 1.72. The van der Waals surface area contributed by atoms with Crippen LogP contribution in [0.15, 0.2) is 0 Å². The highest BCUT2D eigenvalue weighted by Gasteiger charge is 2.31. The Morgan fingerprint density at radius 3 is 2.00 bits per heavy atom. The molecule has 11 heavy (non-hydrogen) atoms. The van der Waals surface area contributed by atoms with Gasteiger partial charge in [0.1, 0.15) is 6.54 Å². The molecule has 0 atom stereocenters. The zero-order valence-electron chi connectivity index (χ0n) is 6.19. The number of hydrogen-bond donors (Lipinski definition) is 0. The van der Waals surface area contributed by atoms with E-state index in [-0.39, 0.29) is 0 Å². The SMILES string of the molecule is FC(F)(F)[CH]N1CCCCC1. The Morgan fingerprint density at radius 1 is 1.00 bits per heavy atom. The number of piperidine rings is 1. The van der Waals surface area contributed by atoms with Crippen molar-refractivity contribution in [3.63, 3.8) is 0 Å². The number of hydrogen-bond acceptors (Lipinski definition) is 1. The van der Waals surface area contributed by atoms with Crippen molar-refractivity contribution in [2.75, 3.05) is 13.1 Å². The summed E-state index contributed by atoms with van der Waals surface area (Å²) < 4.78 is 35.2. The van der Waals surface area contributed by atoms with Crippen LogP contribution >= 0.6 is 0 Å². The van der Waals surface area contributed by atoms with Crippen LogP contribution in [0.5, 0.6) is 0 Å². The van der Waals surface area contributed by atoms with Crippen LogP contribution in [0.4, 0.5) is 13.2 Å². The highest BCUT2D eigenvalue weighted by molar-refractivity contribution is 4.78. The molecule has 4 heteroatoms. The molecular weight excluding hydrogens is 155 g/mol. The van der Waals surface area contributed by atoms with E-state index < -0.39 is 6.18 Å². The van der Waals surface area contributed by atoms with Crippen molar-refractivity contribution in [3.8, 4) is 0 Å². The topological polar surface area (TPSA) is 3.24 Å². The van der Waals surface area contributed by atoms with Crippen LogP contribution in [-0.4, -0.2) is 24.2 Å². The van der Waals surface area contributed by atoms with E-state index in [4.69, 9.17) is 0 Å². The number of nitrogens with zero attached hydrogens (tertiary/aromatic N) is 1. The Morgan fingerprint density at radius 2 is 1.55 bits per heavy atom. The van der Waals surface area contributed by atoms with E-state index in [0.717, 1.165) is 19.3 Å². The summed E-state index contributed by atoms with van der Waals surface area (Å²) in [5.74, 6) is 0. The number of likely N-dealkylation sites (tertiary alicyclic amines) is 1. The van der Waals surface area contributed by atoms with Gasteiger partial charge in [-0.25, -0.2) is 0 Å². The summed E-state index contributed by atoms with van der Waals surface area (Å²) in [7, 11) is 0. The van der Waals surface area contributed by atoms with E-state index in [0.29, 0.717) is 19.6 Å². The summed E-state index contributed by atoms with van der Waals surface area (Å²) in [5, 5.41) is 0. The van der Waals surface area contributed by atoms with Gasteiger partial charge in [0, 0.05) is 0 Å². The van der Waals surface area contributed by atoms with E-state index >= 15 is 0 Å². The molecule has 65 valence electrons. The molecule has 1 nitrogen and oxygen atoms in total. The minimum absolute atomic E-state index is 0.381. The smallest absolute Gasteiger partial charge is 0.291 e. The fourth-order valence-corrected chi connectivity index (χ4v) is 1.25. The summed E-state index contributed by atoms with van der Waals surface area (Å²) in [6.45, 7) is 1.49. The highest BCUT2D eigenvalue weighted by atomic mass is 19.4. The lowest BCUT2D eigenvalue weighted by Crippen LogP contribution is -2.33. The van der Waals surface area contributed by atoms with Gasteiger partial charge < -0.3 is 0 Å². The molecule has 0 bridgehead atoms. The van der Waals surface area contributed by atoms with E-state index in [1.54, 1.807) is 0 Å². The first-order chi connectivity index (χ1) is 5.08. The van der Waals surface area contributed by atoms with Gasteiger partial charge in [-0.15, -0.1) is 0 Å². The Balaban J connectivity index is 2.24. The molecule has 1 saturated heterocycles. The van der Waals surface area contributed by atoms with Gasteiger partial charge in [0.15, 0.2) is 0 Å². The van der Waals surface area contributed by atoms with Gasteiger partial charge in [-0.2, -0.15) is 13.2 Å². The molecule has 0 aliphatic carbocycles. The Bertz CT molecular complexity index is 115. The van der Waals surface area contributed by atoms with Crippen molar-refractivity contribution < 1.29 is 13.2 Å². The predicted octanol–water partition coefficient (Wildman–Crippen LogP) is 2.20. The molecule has 0 saturated carbocycles. The lowest BCUT2D eigenvalue weighted by molar-refractivity contribution is -0.118. The summed E-state index contributed by atoms with van der Waals surface area (Å²) in [5.41, 5.74) is 0. The highest BCUT2D eigenvalue weighted by Crippen LogP contribution is 2.23. The lowest BCUT2D eigenvalue weighted by Gasteiger charge is -2.26. The van der Waals surface area contributed by atoms with Crippen molar-refractivity contribution in [2.45, 2.75) is 25.4 Å². The minimum atomic E-state index is -4.14. The minimum Gasteiger partial charge on any atom is -0.291 e. The summed E-state index contributed by atoms with van der Waals surface area (Å²) in [6.07, 6.45) is -1.32. The molecule has 0 unspecified atom stereocenters. The second-order valence-corrected chi connectivity index (χ2v) is 2.77. The molecular formula is C7H11F3N. The van der Waals surface area contributed by atoms with Crippen LogP contribution in [0.2, 0.25) is 0 Å². The van der Waals surface area contributed by atoms with Crippen LogP contribution < -0.4 is 0 Å². The third-order valence-electron chi connectivity index (χ3n) is 1.72. The molecule has 1 fully saturated rings. The number of rotatable bonds is 1. The summed E-state index contributed by atoms with van der Waals surface area (Å²) in [4.78, 5) is 1.35. The zero-order chi connectivity index (χ0) is 8.32. The number of alkyl halides is 3. The second-order valence-electron chi connectivity index (χ2n) is 2.77. The normalized spacial score (nSPS) is 22.1. The van der Waals surface area contributed by atoms with Gasteiger partial charge in [-0.3, -0.25) is 4.90 Å². The van der Waals surface area contributed by atoms with E-state index in [9.17, 15) is 13.2 Å². The van der Waals surface area contributed by atoms with Gasteiger partial charge in [0.25, 0.3) is 0 Å². The second kappa shape index (κ2) is 3.43. The molecule has 1 aliphatic heterocycles. The molecule has 0 amide bonds. The molecule has 1 rings (SSSR count).